The Morgan fingerprint density at radius 1 is 0.812 bits per heavy atom. The second-order valence-corrected chi connectivity index (χ2v) is 3.51. The van der Waals surface area contributed by atoms with E-state index >= 15 is 0 Å². The van der Waals surface area contributed by atoms with Crippen LogP contribution in [0.2, 0.25) is 0 Å². The molecular weight excluding hydrogens is 208 g/mol. The van der Waals surface area contributed by atoms with E-state index in [1.54, 1.807) is 0 Å². The Kier molecular flexibility index (Phi) is 2.33. The van der Waals surface area contributed by atoms with Crippen molar-refractivity contribution in [3.63, 3.8) is 0 Å². The van der Waals surface area contributed by atoms with Crippen LogP contribution in [0.5, 0.6) is 0 Å². The molecule has 1 aromatic rings. The predicted molar refractivity (Wildman–Crippen MR) is 56.7 cm³/mol. The van der Waals surface area contributed by atoms with Crippen LogP contribution in [0.4, 0.5) is 0 Å². The zero-order valence-electron chi connectivity index (χ0n) is 8.77. The third-order valence-corrected chi connectivity index (χ3v) is 2.47. The van der Waals surface area contributed by atoms with E-state index in [1.807, 2.05) is 24.3 Å². The van der Waals surface area contributed by atoms with Crippen LogP contribution < -0.4 is 0 Å². The van der Waals surface area contributed by atoms with Gasteiger partial charge < -0.3 is 18.3 Å². The Morgan fingerprint density at radius 3 is 1.69 bits per heavy atom. The van der Waals surface area contributed by atoms with Crippen LogP contribution in [-0.2, 0) is 9.47 Å². The molecule has 0 unspecified atom stereocenters. The number of hydrogen-bond donors (Lipinski definition) is 0. The van der Waals surface area contributed by atoms with Crippen molar-refractivity contribution in [2.75, 3.05) is 26.4 Å². The maximum Gasteiger partial charge on any atom is 0.521 e. The smallest absolute Gasteiger partial charge is 0.311 e. The largest absolute Gasteiger partial charge is 0.521 e. The molecule has 4 nitrogen and oxygen atoms in total. The molecule has 82 valence electrons. The average molecular weight is 220 g/mol. The fraction of sp³-hybridized carbons (Fsp3) is 0.333. The molecule has 0 atom stereocenters. The molecule has 0 saturated carbocycles. The second-order valence-electron chi connectivity index (χ2n) is 3.51. The highest BCUT2D eigenvalue weighted by molar-refractivity contribution is 6.03. The minimum absolute atomic E-state index is 0.558. The summed E-state index contributed by atoms with van der Waals surface area (Å²) in [6.07, 6.45) is 0. The molecule has 0 N–H and O–H groups in total. The fourth-order valence-corrected chi connectivity index (χ4v) is 1.77. The van der Waals surface area contributed by atoms with Gasteiger partial charge in [0.2, 0.25) is 26.4 Å². The first-order valence-corrected chi connectivity index (χ1v) is 5.30. The van der Waals surface area contributed by atoms with Gasteiger partial charge in [0.05, 0.1) is 0 Å². The summed E-state index contributed by atoms with van der Waals surface area (Å²) >= 11 is 0. The minimum Gasteiger partial charge on any atom is -0.311 e. The van der Waals surface area contributed by atoms with Crippen molar-refractivity contribution in [1.82, 2.24) is 0 Å². The quantitative estimate of drug-likeness (QED) is 0.553. The number of benzene rings is 1. The van der Waals surface area contributed by atoms with Gasteiger partial charge in [-0.15, -0.1) is 0 Å². The number of hydrogen-bond acceptors (Lipinski definition) is 2. The first-order valence-electron chi connectivity index (χ1n) is 5.30. The molecule has 0 saturated heterocycles. The SMILES string of the molecule is c1ccc(C2=[O+]CCO2)c(C2=[O+]CCO2)c1. The Bertz CT molecular complexity index is 419. The van der Waals surface area contributed by atoms with E-state index in [0.717, 1.165) is 11.1 Å². The second kappa shape index (κ2) is 3.96. The molecule has 0 aromatic heterocycles. The Hall–Kier alpha value is -1.84. The first-order chi connectivity index (χ1) is 7.95. The fourth-order valence-electron chi connectivity index (χ4n) is 1.77. The average Bonchev–Trinajstić information content (AvgIpc) is 3.03. The standard InChI is InChI=1S/C12H12O4/c1-2-4-10(12-15-7-8-16-12)9(3-1)11-13-5-6-14-11/h1-4H,5-8H2/q+2. The van der Waals surface area contributed by atoms with Crippen molar-refractivity contribution in [3.8, 4) is 0 Å². The van der Waals surface area contributed by atoms with E-state index in [4.69, 9.17) is 18.3 Å². The van der Waals surface area contributed by atoms with Crippen molar-refractivity contribution in [2.24, 2.45) is 0 Å². The van der Waals surface area contributed by atoms with Crippen molar-refractivity contribution in [3.05, 3.63) is 35.4 Å². The molecule has 0 bridgehead atoms. The van der Waals surface area contributed by atoms with Crippen LogP contribution >= 0.6 is 0 Å². The number of carbonyl (C=O) groups excluding carboxylic acids is 2. The highest BCUT2D eigenvalue weighted by Crippen LogP contribution is 2.16. The summed E-state index contributed by atoms with van der Waals surface area (Å²) in [4.78, 5) is 0. The summed E-state index contributed by atoms with van der Waals surface area (Å²) in [5, 5.41) is 0. The van der Waals surface area contributed by atoms with Crippen molar-refractivity contribution in [1.29, 1.82) is 0 Å². The van der Waals surface area contributed by atoms with Gasteiger partial charge in [-0.2, -0.15) is 0 Å². The van der Waals surface area contributed by atoms with E-state index in [0.29, 0.717) is 38.4 Å². The number of esters is 2. The highest BCUT2D eigenvalue weighted by atomic mass is 16.6. The number of cyclic esters (lactones) is 2. The van der Waals surface area contributed by atoms with Gasteiger partial charge in [-0.05, 0) is 12.1 Å². The maximum atomic E-state index is 5.41. The molecule has 0 radical (unpaired) electrons. The highest BCUT2D eigenvalue weighted by Gasteiger charge is 2.35. The molecule has 4 heteroatoms. The van der Waals surface area contributed by atoms with Crippen LogP contribution in [0.1, 0.15) is 20.0 Å². The summed E-state index contributed by atoms with van der Waals surface area (Å²) < 4.78 is 21.6. The van der Waals surface area contributed by atoms with Gasteiger partial charge in [0, 0.05) is 0 Å². The van der Waals surface area contributed by atoms with Gasteiger partial charge in [0.15, 0.2) is 0 Å². The molecule has 2 aliphatic heterocycles. The molecule has 0 aliphatic carbocycles. The van der Waals surface area contributed by atoms with Crippen LogP contribution in [0.15, 0.2) is 24.3 Å². The lowest BCUT2D eigenvalue weighted by Crippen LogP contribution is -2.11. The number of ether oxygens (including phenoxy) is 2. The van der Waals surface area contributed by atoms with Crippen LogP contribution in [0.3, 0.4) is 0 Å². The zero-order valence-corrected chi connectivity index (χ0v) is 8.77. The molecule has 3 rings (SSSR count). The summed E-state index contributed by atoms with van der Waals surface area (Å²) in [5.41, 5.74) is 1.77. The van der Waals surface area contributed by atoms with Gasteiger partial charge in [-0.1, -0.05) is 12.1 Å². The lowest BCUT2D eigenvalue weighted by Gasteiger charge is -1.95. The van der Waals surface area contributed by atoms with Gasteiger partial charge in [0.1, 0.15) is 11.1 Å². The third-order valence-electron chi connectivity index (χ3n) is 2.47. The van der Waals surface area contributed by atoms with Gasteiger partial charge >= 0.3 is 11.9 Å². The molecule has 1 aromatic carbocycles. The molecule has 2 aliphatic rings. The van der Waals surface area contributed by atoms with Gasteiger partial charge in [0.25, 0.3) is 0 Å². The van der Waals surface area contributed by atoms with Gasteiger partial charge in [-0.25, -0.2) is 0 Å². The predicted octanol–water partition coefficient (Wildman–Crippen LogP) is 1.10. The Labute approximate surface area is 92.8 Å². The maximum absolute atomic E-state index is 5.41. The van der Waals surface area contributed by atoms with Crippen LogP contribution in [0.25, 0.3) is 0 Å². The molecule has 16 heavy (non-hydrogen) atoms. The normalized spacial score (nSPS) is 18.8. The molecular formula is C12H12O4+2. The van der Waals surface area contributed by atoms with Crippen LogP contribution in [-0.4, -0.2) is 38.4 Å². The Morgan fingerprint density at radius 2 is 1.31 bits per heavy atom. The molecule has 0 spiro atoms. The van der Waals surface area contributed by atoms with Crippen molar-refractivity contribution >= 4 is 11.9 Å². The summed E-state index contributed by atoms with van der Waals surface area (Å²) in [7, 11) is 0. The van der Waals surface area contributed by atoms with Crippen molar-refractivity contribution < 1.29 is 18.3 Å². The van der Waals surface area contributed by atoms with E-state index in [-0.39, 0.29) is 0 Å². The van der Waals surface area contributed by atoms with E-state index in [1.165, 1.54) is 0 Å². The summed E-state index contributed by atoms with van der Waals surface area (Å²) in [6.45, 7) is 2.39. The molecule has 0 amide bonds. The summed E-state index contributed by atoms with van der Waals surface area (Å²) in [6, 6.07) is 7.75. The Balaban J connectivity index is 2.03. The monoisotopic (exact) mass is 220 g/mol. The van der Waals surface area contributed by atoms with E-state index in [9.17, 15) is 0 Å². The van der Waals surface area contributed by atoms with E-state index in [2.05, 4.69) is 0 Å². The topological polar surface area (TPSA) is 41.1 Å². The van der Waals surface area contributed by atoms with E-state index < -0.39 is 0 Å². The van der Waals surface area contributed by atoms with Crippen molar-refractivity contribution in [2.45, 2.75) is 0 Å². The molecule has 2 heterocycles. The number of rotatable bonds is 2. The van der Waals surface area contributed by atoms with Crippen LogP contribution in [0, 0.1) is 0 Å². The zero-order chi connectivity index (χ0) is 10.8. The molecule has 0 fully saturated rings. The van der Waals surface area contributed by atoms with Gasteiger partial charge in [-0.3, -0.25) is 0 Å². The first kappa shape index (κ1) is 9.39. The minimum atomic E-state index is 0.558. The lowest BCUT2D eigenvalue weighted by molar-refractivity contribution is -0.255. The third kappa shape index (κ3) is 1.56. The summed E-state index contributed by atoms with van der Waals surface area (Å²) in [5.74, 6) is 1.12. The lowest BCUT2D eigenvalue weighted by atomic mass is 10.1.